The summed E-state index contributed by atoms with van der Waals surface area (Å²) in [4.78, 5) is 25.1. The molecule has 0 unspecified atom stereocenters. The van der Waals surface area contributed by atoms with Crippen LogP contribution in [0.1, 0.15) is 31.4 Å². The van der Waals surface area contributed by atoms with Gasteiger partial charge >= 0.3 is 0 Å². The number of nitrogens with one attached hydrogen (secondary N) is 2. The molecule has 4 aromatic rings. The third-order valence-corrected chi connectivity index (χ3v) is 5.29. The maximum absolute atomic E-state index is 12.6. The molecule has 4 rings (SSSR count). The quantitative estimate of drug-likeness (QED) is 0.534. The van der Waals surface area contributed by atoms with E-state index in [9.17, 15) is 4.79 Å². The minimum absolute atomic E-state index is 0.0569. The number of carbonyl (C=O) groups is 1. The fraction of sp³-hybridized carbons (Fsp3) is 0.250. The average molecular weight is 379 g/mol. The lowest BCUT2D eigenvalue weighted by Gasteiger charge is -2.20. The fourth-order valence-corrected chi connectivity index (χ4v) is 3.81. The maximum Gasteiger partial charge on any atom is 0.226 e. The number of amides is 1. The Morgan fingerprint density at radius 1 is 1.19 bits per heavy atom. The number of fused-ring (bicyclic) bond motifs is 1. The number of thiazole rings is 1. The van der Waals surface area contributed by atoms with Crippen molar-refractivity contribution in [2.24, 2.45) is 5.92 Å². The lowest BCUT2D eigenvalue weighted by Crippen LogP contribution is -2.33. The van der Waals surface area contributed by atoms with Crippen molar-refractivity contribution >= 4 is 28.3 Å². The van der Waals surface area contributed by atoms with Gasteiger partial charge in [0.15, 0.2) is 5.13 Å². The molecule has 0 aliphatic heterocycles. The Morgan fingerprint density at radius 2 is 1.96 bits per heavy atom. The summed E-state index contributed by atoms with van der Waals surface area (Å²) in [5.41, 5.74) is 2.65. The highest BCUT2D eigenvalue weighted by molar-refractivity contribution is 7.12. The van der Waals surface area contributed by atoms with Crippen molar-refractivity contribution in [1.82, 2.24) is 24.8 Å². The van der Waals surface area contributed by atoms with Gasteiger partial charge in [0.25, 0.3) is 0 Å². The standard InChI is InChI=1S/C20H21N5OS/c1-13(2)18(19-22-15-7-3-4-8-16(15)23-19)24-17(26)11-14-12-27-20(21-14)25-9-5-6-10-25/h3-10,12-13,18H,11H2,1-2H3,(H,22,23)(H,24,26)/t18-/m1/s1. The van der Waals surface area contributed by atoms with Crippen LogP contribution >= 0.6 is 11.3 Å². The van der Waals surface area contributed by atoms with E-state index >= 15 is 0 Å². The Morgan fingerprint density at radius 3 is 2.70 bits per heavy atom. The van der Waals surface area contributed by atoms with Crippen LogP contribution in [0, 0.1) is 5.92 Å². The minimum Gasteiger partial charge on any atom is -0.346 e. The van der Waals surface area contributed by atoms with Gasteiger partial charge in [0.2, 0.25) is 5.91 Å². The molecule has 27 heavy (non-hydrogen) atoms. The number of aromatic amines is 1. The van der Waals surface area contributed by atoms with Gasteiger partial charge in [-0.2, -0.15) is 0 Å². The zero-order valence-electron chi connectivity index (χ0n) is 15.2. The Kier molecular flexibility index (Phi) is 4.77. The van der Waals surface area contributed by atoms with Crippen LogP contribution in [-0.2, 0) is 11.2 Å². The molecule has 0 bridgehead atoms. The van der Waals surface area contributed by atoms with Crippen molar-refractivity contribution in [3.63, 3.8) is 0 Å². The smallest absolute Gasteiger partial charge is 0.226 e. The number of hydrogen-bond donors (Lipinski definition) is 2. The molecule has 0 spiro atoms. The van der Waals surface area contributed by atoms with Crippen LogP contribution in [0.4, 0.5) is 0 Å². The number of carbonyl (C=O) groups excluding carboxylic acids is 1. The molecular weight excluding hydrogens is 358 g/mol. The number of para-hydroxylation sites is 2. The first-order chi connectivity index (χ1) is 13.1. The van der Waals surface area contributed by atoms with Gasteiger partial charge in [-0.3, -0.25) is 4.79 Å². The molecule has 7 heteroatoms. The first-order valence-electron chi connectivity index (χ1n) is 8.92. The largest absolute Gasteiger partial charge is 0.346 e. The number of rotatable bonds is 6. The number of H-pyrrole nitrogens is 1. The van der Waals surface area contributed by atoms with Crippen molar-refractivity contribution in [1.29, 1.82) is 0 Å². The van der Waals surface area contributed by atoms with Gasteiger partial charge in [-0.1, -0.05) is 26.0 Å². The molecule has 0 aliphatic rings. The Labute approximate surface area is 161 Å². The van der Waals surface area contributed by atoms with Gasteiger partial charge in [-0.05, 0) is 30.2 Å². The van der Waals surface area contributed by atoms with Crippen LogP contribution in [-0.4, -0.2) is 25.4 Å². The van der Waals surface area contributed by atoms with E-state index < -0.39 is 0 Å². The summed E-state index contributed by atoms with van der Waals surface area (Å²) in [6.45, 7) is 4.15. The normalized spacial score (nSPS) is 12.6. The predicted molar refractivity (Wildman–Crippen MR) is 107 cm³/mol. The van der Waals surface area contributed by atoms with E-state index in [4.69, 9.17) is 0 Å². The third-order valence-electron chi connectivity index (χ3n) is 4.39. The molecule has 3 aromatic heterocycles. The van der Waals surface area contributed by atoms with Crippen LogP contribution in [0.5, 0.6) is 0 Å². The van der Waals surface area contributed by atoms with Crippen LogP contribution in [0.15, 0.2) is 54.2 Å². The summed E-state index contributed by atoms with van der Waals surface area (Å²) >= 11 is 1.53. The number of nitrogens with zero attached hydrogens (tertiary/aromatic N) is 3. The third kappa shape index (κ3) is 3.78. The Hall–Kier alpha value is -2.93. The molecule has 3 heterocycles. The second-order valence-electron chi connectivity index (χ2n) is 6.82. The van der Waals surface area contributed by atoms with E-state index in [0.717, 1.165) is 27.7 Å². The molecule has 0 saturated heterocycles. The van der Waals surface area contributed by atoms with E-state index in [-0.39, 0.29) is 24.3 Å². The van der Waals surface area contributed by atoms with Gasteiger partial charge in [0.1, 0.15) is 5.82 Å². The van der Waals surface area contributed by atoms with Crippen molar-refractivity contribution in [3.8, 4) is 5.13 Å². The zero-order valence-corrected chi connectivity index (χ0v) is 16.0. The fourth-order valence-electron chi connectivity index (χ4n) is 3.02. The molecule has 2 N–H and O–H groups in total. The number of aromatic nitrogens is 4. The zero-order chi connectivity index (χ0) is 18.8. The highest BCUT2D eigenvalue weighted by Gasteiger charge is 2.22. The van der Waals surface area contributed by atoms with Gasteiger partial charge in [-0.15, -0.1) is 11.3 Å². The van der Waals surface area contributed by atoms with Crippen molar-refractivity contribution in [2.45, 2.75) is 26.3 Å². The summed E-state index contributed by atoms with van der Waals surface area (Å²) in [6, 6.07) is 11.6. The summed E-state index contributed by atoms with van der Waals surface area (Å²) in [6.07, 6.45) is 4.14. The average Bonchev–Trinajstić information content (AvgIpc) is 3.38. The molecule has 0 fully saturated rings. The van der Waals surface area contributed by atoms with Crippen molar-refractivity contribution in [2.75, 3.05) is 0 Å². The van der Waals surface area contributed by atoms with Crippen molar-refractivity contribution in [3.05, 3.63) is 65.7 Å². The molecular formula is C20H21N5OS. The first-order valence-corrected chi connectivity index (χ1v) is 9.80. The van der Waals surface area contributed by atoms with Crippen LogP contribution in [0.3, 0.4) is 0 Å². The SMILES string of the molecule is CC(C)[C@@H](NC(=O)Cc1csc(-n2cccc2)n1)c1nc2ccccc2[nH]1. The summed E-state index contributed by atoms with van der Waals surface area (Å²) in [5.74, 6) is 0.935. The van der Waals surface area contributed by atoms with Crippen LogP contribution in [0.2, 0.25) is 0 Å². The lowest BCUT2D eigenvalue weighted by atomic mass is 10.0. The molecule has 6 nitrogen and oxygen atoms in total. The highest BCUT2D eigenvalue weighted by atomic mass is 32.1. The van der Waals surface area contributed by atoms with E-state index in [1.54, 1.807) is 0 Å². The first kappa shape index (κ1) is 17.5. The molecule has 1 aromatic carbocycles. The molecule has 0 aliphatic carbocycles. The van der Waals surface area contributed by atoms with E-state index in [2.05, 4.69) is 34.1 Å². The van der Waals surface area contributed by atoms with Gasteiger partial charge in [0, 0.05) is 17.8 Å². The van der Waals surface area contributed by atoms with E-state index in [0.29, 0.717) is 0 Å². The second-order valence-corrected chi connectivity index (χ2v) is 7.65. The van der Waals surface area contributed by atoms with E-state index in [1.165, 1.54) is 11.3 Å². The Balaban J connectivity index is 1.48. The number of hydrogen-bond acceptors (Lipinski definition) is 4. The topological polar surface area (TPSA) is 75.6 Å². The highest BCUT2D eigenvalue weighted by Crippen LogP contribution is 2.22. The second kappa shape index (κ2) is 7.36. The molecule has 1 amide bonds. The Bertz CT molecular complexity index is 1010. The predicted octanol–water partition coefficient (Wildman–Crippen LogP) is 3.87. The number of benzene rings is 1. The van der Waals surface area contributed by atoms with Crippen molar-refractivity contribution < 1.29 is 4.79 Å². The summed E-state index contributed by atoms with van der Waals surface area (Å²) in [7, 11) is 0. The van der Waals surface area contributed by atoms with E-state index in [1.807, 2.05) is 58.7 Å². The molecule has 138 valence electrons. The van der Waals surface area contributed by atoms with Gasteiger partial charge in [0.05, 0.1) is 29.2 Å². The maximum atomic E-state index is 12.6. The summed E-state index contributed by atoms with van der Waals surface area (Å²) in [5, 5.41) is 5.90. The monoisotopic (exact) mass is 379 g/mol. The van der Waals surface area contributed by atoms with Gasteiger partial charge < -0.3 is 14.9 Å². The molecule has 1 atom stereocenters. The molecule has 0 saturated carbocycles. The number of imidazole rings is 1. The summed E-state index contributed by atoms with van der Waals surface area (Å²) < 4.78 is 1.94. The van der Waals surface area contributed by atoms with Gasteiger partial charge in [-0.25, -0.2) is 9.97 Å². The van der Waals surface area contributed by atoms with Crippen LogP contribution in [0.25, 0.3) is 16.2 Å². The van der Waals surface area contributed by atoms with Crippen LogP contribution < -0.4 is 5.32 Å². The molecule has 0 radical (unpaired) electrons. The lowest BCUT2D eigenvalue weighted by molar-refractivity contribution is -0.121. The minimum atomic E-state index is -0.174.